The van der Waals surface area contributed by atoms with Gasteiger partial charge in [0, 0.05) is 0 Å². The molecule has 1 heteroatoms. The average Bonchev–Trinajstić information content (AvgIpc) is 2.77. The Morgan fingerprint density at radius 1 is 0.387 bits per heavy atom. The van der Waals surface area contributed by atoms with Gasteiger partial charge in [0.2, 0.25) is 0 Å². The first-order valence-electron chi connectivity index (χ1n) is 13.9. The summed E-state index contributed by atoms with van der Waals surface area (Å²) >= 11 is 0. The Morgan fingerprint density at radius 2 is 0.613 bits per heavy atom. The van der Waals surface area contributed by atoms with Crippen LogP contribution in [0.25, 0.3) is 0 Å². The largest absolute Gasteiger partial charge is 2.00 e. The molecule has 0 saturated heterocycles. The fourth-order valence-electron chi connectivity index (χ4n) is 4.51. The first kappa shape index (κ1) is 31.5. The van der Waals surface area contributed by atoms with Crippen LogP contribution in [0.2, 0.25) is 0 Å². The molecule has 0 saturated carbocycles. The quantitative estimate of drug-likeness (QED) is 0.120. The predicted octanol–water partition coefficient (Wildman–Crippen LogP) is 10.5. The second-order valence-electron chi connectivity index (χ2n) is 9.68. The molecule has 0 nitrogen and oxygen atoms in total. The normalized spacial score (nSPS) is 10.9. The molecule has 0 heterocycles. The van der Waals surface area contributed by atoms with E-state index < -0.39 is 0 Å². The van der Waals surface area contributed by atoms with Gasteiger partial charge in [0.25, 0.3) is 0 Å². The van der Waals surface area contributed by atoms with E-state index in [4.69, 9.17) is 0 Å². The van der Waals surface area contributed by atoms with Gasteiger partial charge in [-0.3, -0.25) is 0 Å². The Morgan fingerprint density at radius 3 is 0.871 bits per heavy atom. The van der Waals surface area contributed by atoms with E-state index in [2.05, 4.69) is 38.1 Å². The van der Waals surface area contributed by atoms with Gasteiger partial charge in [0.15, 0.2) is 0 Å². The van der Waals surface area contributed by atoms with E-state index in [1.54, 1.807) is 11.1 Å². The minimum Gasteiger partial charge on any atom is -1.00 e. The number of rotatable bonds is 22. The molecular formula is C30H56Ca. The van der Waals surface area contributed by atoms with Crippen LogP contribution in [-0.4, -0.2) is 37.7 Å². The summed E-state index contributed by atoms with van der Waals surface area (Å²) in [6.07, 6.45) is 31.1. The Kier molecular flexibility index (Phi) is 25.5. The molecule has 178 valence electrons. The van der Waals surface area contributed by atoms with Crippen LogP contribution >= 0.6 is 0 Å². The van der Waals surface area contributed by atoms with Gasteiger partial charge in [-0.25, -0.2) is 0 Å². The Labute approximate surface area is 229 Å². The standard InChI is InChI=1S/C30H54.Ca.2H/c1-3-5-7-9-11-13-15-17-19-21-23-29-25-27-30(28-26-29)24-22-20-18-16-14-12-10-8-6-4-2;;;/h25-28H,3-24H2,1-2H3;;;/q;+2;2*-1. The minimum absolute atomic E-state index is 0. The third kappa shape index (κ3) is 20.8. The molecule has 31 heavy (non-hydrogen) atoms. The fourth-order valence-corrected chi connectivity index (χ4v) is 4.51. The molecule has 1 rings (SSSR count). The van der Waals surface area contributed by atoms with E-state index in [1.165, 1.54) is 141 Å². The van der Waals surface area contributed by atoms with Crippen molar-refractivity contribution < 1.29 is 2.85 Å². The van der Waals surface area contributed by atoms with E-state index in [0.29, 0.717) is 0 Å². The van der Waals surface area contributed by atoms with Crippen LogP contribution < -0.4 is 0 Å². The molecule has 0 aliphatic carbocycles. The number of benzene rings is 1. The van der Waals surface area contributed by atoms with Crippen molar-refractivity contribution in [2.45, 2.75) is 155 Å². The van der Waals surface area contributed by atoms with Crippen LogP contribution in [0.15, 0.2) is 24.3 Å². The number of aryl methyl sites for hydroxylation is 2. The molecule has 0 amide bonds. The summed E-state index contributed by atoms with van der Waals surface area (Å²) in [5.41, 5.74) is 3.09. The van der Waals surface area contributed by atoms with Crippen LogP contribution in [0.4, 0.5) is 0 Å². The first-order chi connectivity index (χ1) is 14.9. The van der Waals surface area contributed by atoms with Crippen molar-refractivity contribution in [1.29, 1.82) is 0 Å². The first-order valence-corrected chi connectivity index (χ1v) is 13.9. The Hall–Kier alpha value is 0.480. The average molecular weight is 457 g/mol. The maximum atomic E-state index is 2.39. The molecule has 0 bridgehead atoms. The molecular weight excluding hydrogens is 400 g/mol. The van der Waals surface area contributed by atoms with E-state index in [0.717, 1.165) is 0 Å². The maximum Gasteiger partial charge on any atom is 2.00 e. The molecule has 0 radical (unpaired) electrons. The molecule has 1 aromatic rings. The molecule has 0 unspecified atom stereocenters. The van der Waals surface area contributed by atoms with E-state index in [-0.39, 0.29) is 40.6 Å². The van der Waals surface area contributed by atoms with Gasteiger partial charge in [0.05, 0.1) is 0 Å². The van der Waals surface area contributed by atoms with E-state index in [9.17, 15) is 0 Å². The fraction of sp³-hybridized carbons (Fsp3) is 0.800. The molecule has 0 aliphatic heterocycles. The molecule has 0 spiro atoms. The van der Waals surface area contributed by atoms with Crippen molar-refractivity contribution in [2.75, 3.05) is 0 Å². The number of hydrogen-bond acceptors (Lipinski definition) is 0. The summed E-state index contributed by atoms with van der Waals surface area (Å²) in [5, 5.41) is 0. The zero-order chi connectivity index (χ0) is 21.5. The van der Waals surface area contributed by atoms with Gasteiger partial charge in [-0.05, 0) is 36.8 Å². The van der Waals surface area contributed by atoms with Crippen LogP contribution in [0.3, 0.4) is 0 Å². The number of unbranched alkanes of at least 4 members (excludes halogenated alkanes) is 18. The Bertz CT molecular complexity index is 418. The summed E-state index contributed by atoms with van der Waals surface area (Å²) in [7, 11) is 0. The Balaban J connectivity index is -0.00000300. The van der Waals surface area contributed by atoms with E-state index >= 15 is 0 Å². The third-order valence-corrected chi connectivity index (χ3v) is 6.66. The maximum absolute atomic E-state index is 2.39. The second kappa shape index (κ2) is 25.1. The summed E-state index contributed by atoms with van der Waals surface area (Å²) < 4.78 is 0. The molecule has 0 N–H and O–H groups in total. The van der Waals surface area contributed by atoms with Crippen molar-refractivity contribution in [2.24, 2.45) is 0 Å². The van der Waals surface area contributed by atoms with Gasteiger partial charge in [-0.15, -0.1) is 0 Å². The molecule has 0 fully saturated rings. The summed E-state index contributed by atoms with van der Waals surface area (Å²) in [6, 6.07) is 9.55. The predicted molar refractivity (Wildman–Crippen MR) is 146 cm³/mol. The topological polar surface area (TPSA) is 0 Å². The molecule has 0 aliphatic rings. The second-order valence-corrected chi connectivity index (χ2v) is 9.68. The van der Waals surface area contributed by atoms with Crippen molar-refractivity contribution in [3.05, 3.63) is 35.4 Å². The SMILES string of the molecule is CCCCCCCCCCCCc1ccc(CCCCCCCCCCCC)cc1.[Ca+2].[H-].[H-]. The molecule has 0 aromatic heterocycles. The van der Waals surface area contributed by atoms with Crippen LogP contribution in [0, 0.1) is 0 Å². The van der Waals surface area contributed by atoms with Crippen LogP contribution in [0.5, 0.6) is 0 Å². The van der Waals surface area contributed by atoms with Crippen LogP contribution in [-0.2, 0) is 12.8 Å². The zero-order valence-electron chi connectivity index (χ0n) is 23.6. The van der Waals surface area contributed by atoms with Crippen molar-refractivity contribution >= 4 is 37.7 Å². The van der Waals surface area contributed by atoms with Gasteiger partial charge < -0.3 is 2.85 Å². The number of hydrogen-bond donors (Lipinski definition) is 0. The van der Waals surface area contributed by atoms with Crippen molar-refractivity contribution in [1.82, 2.24) is 0 Å². The van der Waals surface area contributed by atoms with Crippen LogP contribution in [0.1, 0.15) is 156 Å². The van der Waals surface area contributed by atoms with Crippen molar-refractivity contribution in [3.63, 3.8) is 0 Å². The summed E-state index contributed by atoms with van der Waals surface area (Å²) in [6.45, 7) is 4.60. The zero-order valence-corrected chi connectivity index (χ0v) is 23.8. The molecule has 0 atom stereocenters. The third-order valence-electron chi connectivity index (χ3n) is 6.66. The summed E-state index contributed by atoms with van der Waals surface area (Å²) in [4.78, 5) is 0. The van der Waals surface area contributed by atoms with Gasteiger partial charge in [-0.1, -0.05) is 154 Å². The van der Waals surface area contributed by atoms with Gasteiger partial charge in [-0.2, -0.15) is 0 Å². The summed E-state index contributed by atoms with van der Waals surface area (Å²) in [5.74, 6) is 0. The smallest absolute Gasteiger partial charge is 1.00 e. The molecule has 1 aromatic carbocycles. The minimum atomic E-state index is 0. The van der Waals surface area contributed by atoms with Gasteiger partial charge in [0.1, 0.15) is 0 Å². The van der Waals surface area contributed by atoms with Crippen molar-refractivity contribution in [3.8, 4) is 0 Å². The van der Waals surface area contributed by atoms with Gasteiger partial charge >= 0.3 is 37.7 Å². The monoisotopic (exact) mass is 456 g/mol. The van der Waals surface area contributed by atoms with E-state index in [1.807, 2.05) is 0 Å².